The van der Waals surface area contributed by atoms with E-state index >= 15 is 0 Å². The standard InChI is InChI=1S/C14H16N4O3S/c1-15-7-8-17(2)14(19)12-9-22-13(16-12)10-3-5-11(6-4-10)18(20)21/h3-6,9,15H,7-8H2,1-2H3. The van der Waals surface area contributed by atoms with Gasteiger partial charge >= 0.3 is 0 Å². The molecule has 0 spiro atoms. The van der Waals surface area contributed by atoms with E-state index in [0.717, 1.165) is 5.56 Å². The first-order valence-corrected chi connectivity index (χ1v) is 7.51. The van der Waals surface area contributed by atoms with Gasteiger partial charge in [0.1, 0.15) is 10.7 Å². The Balaban J connectivity index is 2.13. The smallest absolute Gasteiger partial charge is 0.273 e. The second-order valence-corrected chi connectivity index (χ2v) is 5.53. The first-order chi connectivity index (χ1) is 10.5. The van der Waals surface area contributed by atoms with Crippen LogP contribution in [0.1, 0.15) is 10.5 Å². The third-order valence-corrected chi connectivity index (χ3v) is 3.98. The number of hydrogen-bond acceptors (Lipinski definition) is 6. The van der Waals surface area contributed by atoms with Gasteiger partial charge in [-0.05, 0) is 19.2 Å². The molecule has 1 aromatic heterocycles. The fraction of sp³-hybridized carbons (Fsp3) is 0.286. The summed E-state index contributed by atoms with van der Waals surface area (Å²) in [7, 11) is 3.55. The van der Waals surface area contributed by atoms with Gasteiger partial charge in [0.25, 0.3) is 11.6 Å². The largest absolute Gasteiger partial charge is 0.339 e. The van der Waals surface area contributed by atoms with Crippen LogP contribution in [0.3, 0.4) is 0 Å². The predicted molar refractivity (Wildman–Crippen MR) is 85.1 cm³/mol. The van der Waals surface area contributed by atoms with Crippen LogP contribution < -0.4 is 5.32 Å². The summed E-state index contributed by atoms with van der Waals surface area (Å²) in [6, 6.07) is 6.13. The number of rotatable bonds is 6. The number of carbonyl (C=O) groups is 1. The molecule has 22 heavy (non-hydrogen) atoms. The Labute approximate surface area is 131 Å². The zero-order valence-electron chi connectivity index (χ0n) is 12.3. The van der Waals surface area contributed by atoms with E-state index in [1.807, 2.05) is 7.05 Å². The number of carbonyl (C=O) groups excluding carboxylic acids is 1. The highest BCUT2D eigenvalue weighted by molar-refractivity contribution is 7.13. The molecule has 1 N–H and O–H groups in total. The first kappa shape index (κ1) is 16.1. The fourth-order valence-electron chi connectivity index (χ4n) is 1.81. The molecule has 8 heteroatoms. The minimum atomic E-state index is -0.447. The van der Waals surface area contributed by atoms with Crippen molar-refractivity contribution in [1.82, 2.24) is 15.2 Å². The van der Waals surface area contributed by atoms with Gasteiger partial charge in [0.2, 0.25) is 0 Å². The summed E-state index contributed by atoms with van der Waals surface area (Å²) in [6.07, 6.45) is 0. The van der Waals surface area contributed by atoms with E-state index in [1.165, 1.54) is 23.5 Å². The SMILES string of the molecule is CNCCN(C)C(=O)c1csc(-c2ccc([N+](=O)[O-])cc2)n1. The zero-order valence-corrected chi connectivity index (χ0v) is 13.1. The van der Waals surface area contributed by atoms with E-state index in [0.29, 0.717) is 23.8 Å². The van der Waals surface area contributed by atoms with E-state index in [4.69, 9.17) is 0 Å². The Morgan fingerprint density at radius 1 is 1.41 bits per heavy atom. The number of benzene rings is 1. The van der Waals surface area contributed by atoms with Crippen LogP contribution in [0.4, 0.5) is 5.69 Å². The minimum absolute atomic E-state index is 0.0309. The lowest BCUT2D eigenvalue weighted by atomic mass is 10.2. The highest BCUT2D eigenvalue weighted by Crippen LogP contribution is 2.26. The normalized spacial score (nSPS) is 10.5. The van der Waals surface area contributed by atoms with Crippen molar-refractivity contribution in [3.05, 3.63) is 45.5 Å². The molecule has 0 aliphatic heterocycles. The topological polar surface area (TPSA) is 88.4 Å². The third-order valence-electron chi connectivity index (χ3n) is 3.09. The van der Waals surface area contributed by atoms with E-state index in [1.54, 1.807) is 29.5 Å². The fourth-order valence-corrected chi connectivity index (χ4v) is 2.61. The summed E-state index contributed by atoms with van der Waals surface area (Å²) in [6.45, 7) is 1.31. The first-order valence-electron chi connectivity index (χ1n) is 6.63. The number of hydrogen-bond donors (Lipinski definition) is 1. The molecule has 2 rings (SSSR count). The monoisotopic (exact) mass is 320 g/mol. The lowest BCUT2D eigenvalue weighted by Gasteiger charge is -2.15. The molecule has 0 aliphatic carbocycles. The maximum Gasteiger partial charge on any atom is 0.273 e. The summed E-state index contributed by atoms with van der Waals surface area (Å²) in [5.41, 5.74) is 1.17. The second kappa shape index (κ2) is 7.10. The summed E-state index contributed by atoms with van der Waals surface area (Å²) in [4.78, 5) is 28.3. The van der Waals surface area contributed by atoms with Crippen molar-refractivity contribution >= 4 is 22.9 Å². The van der Waals surface area contributed by atoms with Gasteiger partial charge in [-0.1, -0.05) is 0 Å². The molecule has 0 aliphatic rings. The van der Waals surface area contributed by atoms with Gasteiger partial charge in [0.15, 0.2) is 0 Å². The van der Waals surface area contributed by atoms with E-state index < -0.39 is 4.92 Å². The van der Waals surface area contributed by atoms with Crippen LogP contribution in [-0.4, -0.2) is 47.9 Å². The maximum atomic E-state index is 12.2. The van der Waals surface area contributed by atoms with Crippen LogP contribution in [0.2, 0.25) is 0 Å². The van der Waals surface area contributed by atoms with Gasteiger partial charge < -0.3 is 10.2 Å². The van der Waals surface area contributed by atoms with Crippen molar-refractivity contribution in [3.8, 4) is 10.6 Å². The minimum Gasteiger partial charge on any atom is -0.339 e. The number of thiazole rings is 1. The van der Waals surface area contributed by atoms with Crippen molar-refractivity contribution in [1.29, 1.82) is 0 Å². The van der Waals surface area contributed by atoms with Crippen LogP contribution in [0, 0.1) is 10.1 Å². The van der Waals surface area contributed by atoms with E-state index in [9.17, 15) is 14.9 Å². The molecular formula is C14H16N4O3S. The average Bonchev–Trinajstić information content (AvgIpc) is 3.01. The highest BCUT2D eigenvalue weighted by atomic mass is 32.1. The lowest BCUT2D eigenvalue weighted by molar-refractivity contribution is -0.384. The molecule has 0 saturated heterocycles. The van der Waals surface area contributed by atoms with Gasteiger partial charge in [-0.2, -0.15) is 0 Å². The number of likely N-dealkylation sites (N-methyl/N-ethyl adjacent to an activating group) is 2. The van der Waals surface area contributed by atoms with Gasteiger partial charge in [-0.25, -0.2) is 4.98 Å². The molecule has 1 aromatic carbocycles. The Morgan fingerprint density at radius 2 is 2.09 bits per heavy atom. The molecule has 7 nitrogen and oxygen atoms in total. The van der Waals surface area contributed by atoms with Crippen LogP contribution in [0.5, 0.6) is 0 Å². The number of nitro benzene ring substituents is 1. The quantitative estimate of drug-likeness (QED) is 0.649. The molecule has 0 unspecified atom stereocenters. The summed E-state index contributed by atoms with van der Waals surface area (Å²) in [5, 5.41) is 16.0. The molecule has 2 aromatic rings. The van der Waals surface area contributed by atoms with Gasteiger partial charge in [0, 0.05) is 43.2 Å². The Hall–Kier alpha value is -2.32. The number of nitro groups is 1. The van der Waals surface area contributed by atoms with Gasteiger partial charge in [0.05, 0.1) is 4.92 Å². The summed E-state index contributed by atoms with van der Waals surface area (Å²) < 4.78 is 0. The highest BCUT2D eigenvalue weighted by Gasteiger charge is 2.16. The summed E-state index contributed by atoms with van der Waals surface area (Å²) in [5.74, 6) is -0.139. The van der Waals surface area contributed by atoms with Crippen molar-refractivity contribution in [2.45, 2.75) is 0 Å². The molecular weight excluding hydrogens is 304 g/mol. The van der Waals surface area contributed by atoms with Crippen molar-refractivity contribution < 1.29 is 9.72 Å². The molecule has 0 atom stereocenters. The van der Waals surface area contributed by atoms with Crippen molar-refractivity contribution in [3.63, 3.8) is 0 Å². The van der Waals surface area contributed by atoms with Crippen LogP contribution in [-0.2, 0) is 0 Å². The lowest BCUT2D eigenvalue weighted by Crippen LogP contribution is -2.32. The van der Waals surface area contributed by atoms with Gasteiger partial charge in [-0.3, -0.25) is 14.9 Å². The number of aromatic nitrogens is 1. The van der Waals surface area contributed by atoms with Gasteiger partial charge in [-0.15, -0.1) is 11.3 Å². The Bertz CT molecular complexity index is 669. The zero-order chi connectivity index (χ0) is 16.1. The molecule has 116 valence electrons. The molecule has 0 saturated carbocycles. The summed E-state index contributed by atoms with van der Waals surface area (Å²) >= 11 is 1.34. The third kappa shape index (κ3) is 3.66. The van der Waals surface area contributed by atoms with Crippen LogP contribution in [0.15, 0.2) is 29.6 Å². The average molecular weight is 320 g/mol. The number of nitrogens with one attached hydrogen (secondary N) is 1. The van der Waals surface area contributed by atoms with Crippen molar-refractivity contribution in [2.75, 3.05) is 27.2 Å². The Kier molecular flexibility index (Phi) is 5.18. The second-order valence-electron chi connectivity index (χ2n) is 4.67. The Morgan fingerprint density at radius 3 is 2.68 bits per heavy atom. The molecule has 0 radical (unpaired) electrons. The van der Waals surface area contributed by atoms with Crippen LogP contribution >= 0.6 is 11.3 Å². The molecule has 1 heterocycles. The number of nitrogens with zero attached hydrogens (tertiary/aromatic N) is 3. The predicted octanol–water partition coefficient (Wildman–Crippen LogP) is 2.01. The molecule has 0 bridgehead atoms. The molecule has 1 amide bonds. The van der Waals surface area contributed by atoms with E-state index in [-0.39, 0.29) is 11.6 Å². The number of non-ortho nitro benzene ring substituents is 1. The van der Waals surface area contributed by atoms with Crippen molar-refractivity contribution in [2.24, 2.45) is 0 Å². The van der Waals surface area contributed by atoms with Crippen LogP contribution in [0.25, 0.3) is 10.6 Å². The molecule has 0 fully saturated rings. The van der Waals surface area contributed by atoms with E-state index in [2.05, 4.69) is 10.3 Å². The maximum absolute atomic E-state index is 12.2. The number of amides is 1.